The zero-order chi connectivity index (χ0) is 19.6. The average molecular weight is 411 g/mol. The fourth-order valence-electron chi connectivity index (χ4n) is 2.24. The molecule has 0 radical (unpaired) electrons. The van der Waals surface area contributed by atoms with Crippen LogP contribution in [0.2, 0.25) is 10.0 Å². The summed E-state index contributed by atoms with van der Waals surface area (Å²) in [6.45, 7) is 0.715. The number of carbonyl (C=O) groups is 2. The summed E-state index contributed by atoms with van der Waals surface area (Å²) < 4.78 is 10.5. The Bertz CT molecular complexity index is 799. The Morgan fingerprint density at radius 2 is 1.89 bits per heavy atom. The maximum atomic E-state index is 12.1. The number of hydrogen-bond donors (Lipinski definition) is 2. The number of amides is 2. The molecular formula is C19H20Cl2N2O4. The Kier molecular flexibility index (Phi) is 8.39. The van der Waals surface area contributed by atoms with Gasteiger partial charge in [-0.3, -0.25) is 20.4 Å². The van der Waals surface area contributed by atoms with Crippen LogP contribution >= 0.6 is 23.2 Å². The second-order valence-electron chi connectivity index (χ2n) is 5.66. The number of nitrogens with one attached hydrogen (secondary N) is 2. The molecule has 8 heteroatoms. The molecular weight excluding hydrogens is 391 g/mol. The standard InChI is InChI=1S/C19H20Cl2N2O4/c1-26-12-13-4-2-5-14(10-13)19(25)23-22-18(24)6-3-9-27-17-8-7-15(20)11-16(17)21/h2,4-5,7-8,10-11H,3,6,9,12H2,1H3,(H,22,24)(H,23,25). The van der Waals surface area contributed by atoms with E-state index in [-0.39, 0.29) is 12.3 Å². The van der Waals surface area contributed by atoms with Gasteiger partial charge < -0.3 is 9.47 Å². The first-order chi connectivity index (χ1) is 13.0. The van der Waals surface area contributed by atoms with Crippen molar-refractivity contribution in [3.8, 4) is 5.75 Å². The van der Waals surface area contributed by atoms with Crippen molar-refractivity contribution in [1.29, 1.82) is 0 Å². The highest BCUT2D eigenvalue weighted by Gasteiger charge is 2.08. The van der Waals surface area contributed by atoms with E-state index in [0.717, 1.165) is 5.56 Å². The van der Waals surface area contributed by atoms with Crippen molar-refractivity contribution in [2.24, 2.45) is 0 Å². The molecule has 0 bridgehead atoms. The molecule has 27 heavy (non-hydrogen) atoms. The van der Waals surface area contributed by atoms with Crippen molar-refractivity contribution in [3.63, 3.8) is 0 Å². The number of hydrazine groups is 1. The fourth-order valence-corrected chi connectivity index (χ4v) is 2.70. The third-order valence-corrected chi connectivity index (χ3v) is 4.05. The molecule has 0 saturated carbocycles. The van der Waals surface area contributed by atoms with Crippen molar-refractivity contribution in [3.05, 3.63) is 63.6 Å². The lowest BCUT2D eigenvalue weighted by Gasteiger charge is -2.10. The molecule has 0 fully saturated rings. The minimum absolute atomic E-state index is 0.190. The molecule has 2 amide bonds. The van der Waals surface area contributed by atoms with Crippen LogP contribution in [-0.4, -0.2) is 25.5 Å². The first-order valence-electron chi connectivity index (χ1n) is 8.24. The van der Waals surface area contributed by atoms with Crippen LogP contribution in [0.15, 0.2) is 42.5 Å². The molecule has 0 aromatic heterocycles. The molecule has 0 unspecified atom stereocenters. The van der Waals surface area contributed by atoms with Crippen molar-refractivity contribution >= 4 is 35.0 Å². The Morgan fingerprint density at radius 3 is 2.63 bits per heavy atom. The van der Waals surface area contributed by atoms with Gasteiger partial charge in [0.2, 0.25) is 5.91 Å². The predicted octanol–water partition coefficient (Wildman–Crippen LogP) is 3.76. The van der Waals surface area contributed by atoms with Crippen LogP contribution in [0.5, 0.6) is 5.75 Å². The zero-order valence-corrected chi connectivity index (χ0v) is 16.3. The van der Waals surface area contributed by atoms with Gasteiger partial charge in [-0.25, -0.2) is 0 Å². The highest BCUT2D eigenvalue weighted by Crippen LogP contribution is 2.27. The van der Waals surface area contributed by atoms with Gasteiger partial charge in [0.1, 0.15) is 5.75 Å². The number of carbonyl (C=O) groups excluding carboxylic acids is 2. The third-order valence-electron chi connectivity index (χ3n) is 3.52. The summed E-state index contributed by atoms with van der Waals surface area (Å²) in [5.74, 6) is -0.210. The summed E-state index contributed by atoms with van der Waals surface area (Å²) in [6.07, 6.45) is 0.652. The summed E-state index contributed by atoms with van der Waals surface area (Å²) in [7, 11) is 1.58. The van der Waals surface area contributed by atoms with E-state index in [0.29, 0.717) is 41.0 Å². The van der Waals surface area contributed by atoms with Crippen LogP contribution in [0.1, 0.15) is 28.8 Å². The van der Waals surface area contributed by atoms with Crippen LogP contribution in [-0.2, 0) is 16.1 Å². The van der Waals surface area contributed by atoms with Gasteiger partial charge in [0.25, 0.3) is 5.91 Å². The van der Waals surface area contributed by atoms with Crippen LogP contribution in [0.25, 0.3) is 0 Å². The van der Waals surface area contributed by atoms with Gasteiger partial charge in [0, 0.05) is 24.1 Å². The summed E-state index contributed by atoms with van der Waals surface area (Å²) in [4.78, 5) is 23.9. The second-order valence-corrected chi connectivity index (χ2v) is 6.51. The van der Waals surface area contributed by atoms with E-state index in [1.807, 2.05) is 6.07 Å². The third kappa shape index (κ3) is 7.09. The molecule has 0 spiro atoms. The average Bonchev–Trinajstić information content (AvgIpc) is 2.65. The van der Waals surface area contributed by atoms with E-state index in [1.54, 1.807) is 43.5 Å². The lowest BCUT2D eigenvalue weighted by Crippen LogP contribution is -2.41. The number of hydrogen-bond acceptors (Lipinski definition) is 4. The van der Waals surface area contributed by atoms with E-state index in [4.69, 9.17) is 32.7 Å². The minimum Gasteiger partial charge on any atom is -0.492 e. The van der Waals surface area contributed by atoms with Gasteiger partial charge >= 0.3 is 0 Å². The lowest BCUT2D eigenvalue weighted by atomic mass is 10.1. The van der Waals surface area contributed by atoms with Crippen molar-refractivity contribution in [1.82, 2.24) is 10.9 Å². The summed E-state index contributed by atoms with van der Waals surface area (Å²) in [5, 5.41) is 0.935. The molecule has 0 saturated heterocycles. The predicted molar refractivity (Wildman–Crippen MR) is 104 cm³/mol. The van der Waals surface area contributed by atoms with Gasteiger partial charge in [-0.1, -0.05) is 35.3 Å². The van der Waals surface area contributed by atoms with E-state index in [1.165, 1.54) is 0 Å². The van der Waals surface area contributed by atoms with E-state index in [2.05, 4.69) is 10.9 Å². The maximum absolute atomic E-state index is 12.1. The number of ether oxygens (including phenoxy) is 2. The van der Waals surface area contributed by atoms with Gasteiger partial charge in [-0.2, -0.15) is 0 Å². The van der Waals surface area contributed by atoms with E-state index >= 15 is 0 Å². The highest BCUT2D eigenvalue weighted by molar-refractivity contribution is 6.35. The number of methoxy groups -OCH3 is 1. The monoisotopic (exact) mass is 410 g/mol. The van der Waals surface area contributed by atoms with Gasteiger partial charge in [0.15, 0.2) is 0 Å². The highest BCUT2D eigenvalue weighted by atomic mass is 35.5. The topological polar surface area (TPSA) is 76.7 Å². The first-order valence-corrected chi connectivity index (χ1v) is 9.00. The van der Waals surface area contributed by atoms with E-state index in [9.17, 15) is 9.59 Å². The molecule has 2 aromatic carbocycles. The molecule has 144 valence electrons. The molecule has 0 aliphatic rings. The first kappa shape index (κ1) is 21.0. The molecule has 6 nitrogen and oxygen atoms in total. The van der Waals surface area contributed by atoms with Gasteiger partial charge in [-0.15, -0.1) is 0 Å². The normalized spacial score (nSPS) is 10.3. The van der Waals surface area contributed by atoms with Crippen LogP contribution in [0, 0.1) is 0 Å². The largest absolute Gasteiger partial charge is 0.492 e. The Hall–Kier alpha value is -2.28. The summed E-state index contributed by atoms with van der Waals surface area (Å²) in [5.41, 5.74) is 6.07. The van der Waals surface area contributed by atoms with Gasteiger partial charge in [-0.05, 0) is 42.3 Å². The minimum atomic E-state index is -0.398. The smallest absolute Gasteiger partial charge is 0.269 e. The zero-order valence-electron chi connectivity index (χ0n) is 14.8. The summed E-state index contributed by atoms with van der Waals surface area (Å²) >= 11 is 11.8. The van der Waals surface area contributed by atoms with Crippen LogP contribution in [0.3, 0.4) is 0 Å². The van der Waals surface area contributed by atoms with Crippen LogP contribution < -0.4 is 15.6 Å². The van der Waals surface area contributed by atoms with Crippen molar-refractivity contribution in [2.75, 3.05) is 13.7 Å². The van der Waals surface area contributed by atoms with E-state index < -0.39 is 5.91 Å². The van der Waals surface area contributed by atoms with Gasteiger partial charge in [0.05, 0.1) is 18.2 Å². The molecule has 2 N–H and O–H groups in total. The van der Waals surface area contributed by atoms with Crippen molar-refractivity contribution in [2.45, 2.75) is 19.4 Å². The fraction of sp³-hybridized carbons (Fsp3) is 0.263. The molecule has 2 aromatic rings. The molecule has 2 rings (SSSR count). The molecule has 0 heterocycles. The van der Waals surface area contributed by atoms with Crippen LogP contribution in [0.4, 0.5) is 0 Å². The number of benzene rings is 2. The molecule has 0 aliphatic carbocycles. The molecule has 0 aliphatic heterocycles. The quantitative estimate of drug-likeness (QED) is 0.512. The number of rotatable bonds is 8. The maximum Gasteiger partial charge on any atom is 0.269 e. The lowest BCUT2D eigenvalue weighted by molar-refractivity contribution is -0.122. The Morgan fingerprint density at radius 1 is 1.07 bits per heavy atom. The summed E-state index contributed by atoms with van der Waals surface area (Å²) in [6, 6.07) is 11.9. The Balaban J connectivity index is 1.69. The number of halogens is 2. The van der Waals surface area contributed by atoms with Crippen molar-refractivity contribution < 1.29 is 19.1 Å². The Labute approximate surface area is 167 Å². The molecule has 0 atom stereocenters. The SMILES string of the molecule is COCc1cccc(C(=O)NNC(=O)CCCOc2ccc(Cl)cc2Cl)c1. The second kappa shape index (κ2) is 10.8.